The fraction of sp³-hybridized carbons (Fsp3) is 0. The summed E-state index contributed by atoms with van der Waals surface area (Å²) >= 11 is 6.30. The molecule has 0 aliphatic carbocycles. The molecule has 0 saturated heterocycles. The van der Waals surface area contributed by atoms with Gasteiger partial charge in [-0.15, -0.1) is 0 Å². The van der Waals surface area contributed by atoms with E-state index in [0.29, 0.717) is 14.6 Å². The number of carbonyl (C=O) groups excluding carboxylic acids is 1. The zero-order chi connectivity index (χ0) is 13.1. The Morgan fingerprint density at radius 3 is 2.67 bits per heavy atom. The van der Waals surface area contributed by atoms with Gasteiger partial charge in [-0.2, -0.15) is 0 Å². The minimum Gasteiger partial charge on any atom is -0.321 e. The second kappa shape index (κ2) is 5.58. The third kappa shape index (κ3) is 2.94. The summed E-state index contributed by atoms with van der Waals surface area (Å²) in [4.78, 5) is 15.9. The van der Waals surface area contributed by atoms with Crippen molar-refractivity contribution in [2.75, 3.05) is 5.32 Å². The van der Waals surface area contributed by atoms with Gasteiger partial charge in [0.2, 0.25) is 0 Å². The third-order valence-electron chi connectivity index (χ3n) is 2.15. The molecule has 0 aliphatic rings. The number of hydrogen-bond donors (Lipinski definition) is 1. The predicted octanol–water partition coefficient (Wildman–Crippen LogP) is 4.00. The van der Waals surface area contributed by atoms with Crippen LogP contribution in [0.1, 0.15) is 10.5 Å². The lowest BCUT2D eigenvalue weighted by Crippen LogP contribution is -2.14. The van der Waals surface area contributed by atoms with Crippen LogP contribution in [0.25, 0.3) is 0 Å². The van der Waals surface area contributed by atoms with Gasteiger partial charge < -0.3 is 5.32 Å². The Morgan fingerprint density at radius 1 is 1.22 bits per heavy atom. The van der Waals surface area contributed by atoms with Gasteiger partial charge in [0.15, 0.2) is 0 Å². The maximum Gasteiger partial charge on any atom is 0.275 e. The fourth-order valence-electron chi connectivity index (χ4n) is 1.32. The van der Waals surface area contributed by atoms with E-state index in [1.54, 1.807) is 12.1 Å². The van der Waals surface area contributed by atoms with Gasteiger partial charge in [0.05, 0.1) is 4.47 Å². The molecule has 0 atom stereocenters. The molecule has 18 heavy (non-hydrogen) atoms. The Bertz CT molecular complexity index is 604. The molecule has 1 amide bonds. The van der Waals surface area contributed by atoms with Crippen molar-refractivity contribution in [3.8, 4) is 0 Å². The summed E-state index contributed by atoms with van der Waals surface area (Å²) in [6.07, 6.45) is 1.53. The van der Waals surface area contributed by atoms with E-state index in [2.05, 4.69) is 42.2 Å². The van der Waals surface area contributed by atoms with Crippen LogP contribution < -0.4 is 5.32 Å². The Hall–Kier alpha value is -1.27. The fourth-order valence-corrected chi connectivity index (χ4v) is 2.13. The van der Waals surface area contributed by atoms with Crippen molar-refractivity contribution in [2.45, 2.75) is 0 Å². The molecule has 0 spiro atoms. The maximum absolute atomic E-state index is 13.0. The Balaban J connectivity index is 2.22. The smallest absolute Gasteiger partial charge is 0.275 e. The summed E-state index contributed by atoms with van der Waals surface area (Å²) in [7, 11) is 0. The normalized spacial score (nSPS) is 10.2. The van der Waals surface area contributed by atoms with Gasteiger partial charge in [-0.3, -0.25) is 4.79 Å². The highest BCUT2D eigenvalue weighted by Gasteiger charge is 2.11. The summed E-state index contributed by atoms with van der Waals surface area (Å²) < 4.78 is 13.9. The standard InChI is InChI=1S/C12H7Br2FN2O/c13-8-2-1-5-16-11(8)12(18)17-7-3-4-10(15)9(14)6-7/h1-6H,(H,17,18). The summed E-state index contributed by atoms with van der Waals surface area (Å²) in [6, 6.07) is 7.68. The zero-order valence-corrected chi connectivity index (χ0v) is 12.1. The number of rotatable bonds is 2. The summed E-state index contributed by atoms with van der Waals surface area (Å²) in [5, 5.41) is 2.64. The molecular weight excluding hydrogens is 367 g/mol. The third-order valence-corrected chi connectivity index (χ3v) is 3.40. The number of nitrogens with zero attached hydrogens (tertiary/aromatic N) is 1. The van der Waals surface area contributed by atoms with E-state index in [9.17, 15) is 9.18 Å². The molecule has 1 heterocycles. The minimum atomic E-state index is -0.382. The SMILES string of the molecule is O=C(Nc1ccc(F)c(Br)c1)c1ncccc1Br. The highest BCUT2D eigenvalue weighted by atomic mass is 79.9. The number of hydrogen-bond acceptors (Lipinski definition) is 2. The molecule has 1 N–H and O–H groups in total. The summed E-state index contributed by atoms with van der Waals surface area (Å²) in [5.74, 6) is -0.743. The van der Waals surface area contributed by atoms with Crippen molar-refractivity contribution < 1.29 is 9.18 Å². The lowest BCUT2D eigenvalue weighted by Gasteiger charge is -2.06. The van der Waals surface area contributed by atoms with E-state index in [1.165, 1.54) is 24.4 Å². The van der Waals surface area contributed by atoms with Gasteiger partial charge in [-0.1, -0.05) is 0 Å². The molecule has 92 valence electrons. The molecule has 2 aromatic rings. The summed E-state index contributed by atoms with van der Waals surface area (Å²) in [6.45, 7) is 0. The molecule has 0 bridgehead atoms. The van der Waals surface area contributed by atoms with Crippen molar-refractivity contribution in [3.05, 3.63) is 57.0 Å². The Labute approximate surface area is 120 Å². The van der Waals surface area contributed by atoms with Gasteiger partial charge in [0, 0.05) is 16.4 Å². The van der Waals surface area contributed by atoms with Gasteiger partial charge >= 0.3 is 0 Å². The van der Waals surface area contributed by atoms with Crippen LogP contribution in [-0.4, -0.2) is 10.9 Å². The molecule has 0 aliphatic heterocycles. The van der Waals surface area contributed by atoms with Crippen LogP contribution in [0.3, 0.4) is 0 Å². The van der Waals surface area contributed by atoms with E-state index in [-0.39, 0.29) is 17.4 Å². The van der Waals surface area contributed by atoms with Crippen molar-refractivity contribution in [2.24, 2.45) is 0 Å². The van der Waals surface area contributed by atoms with Crippen LogP contribution in [0.15, 0.2) is 45.5 Å². The van der Waals surface area contributed by atoms with Crippen LogP contribution in [0.5, 0.6) is 0 Å². The largest absolute Gasteiger partial charge is 0.321 e. The molecule has 0 radical (unpaired) electrons. The first-order chi connectivity index (χ1) is 8.58. The molecule has 1 aromatic heterocycles. The molecule has 1 aromatic carbocycles. The number of amides is 1. The number of anilines is 1. The van der Waals surface area contributed by atoms with Gasteiger partial charge in [-0.25, -0.2) is 9.37 Å². The van der Waals surface area contributed by atoms with Crippen LogP contribution in [-0.2, 0) is 0 Å². The number of nitrogens with one attached hydrogen (secondary N) is 1. The average Bonchev–Trinajstić information content (AvgIpc) is 2.34. The van der Waals surface area contributed by atoms with Crippen LogP contribution in [0.4, 0.5) is 10.1 Å². The first-order valence-corrected chi connectivity index (χ1v) is 6.53. The monoisotopic (exact) mass is 372 g/mol. The van der Waals surface area contributed by atoms with Crippen molar-refractivity contribution in [3.63, 3.8) is 0 Å². The highest BCUT2D eigenvalue weighted by molar-refractivity contribution is 9.10. The van der Waals surface area contributed by atoms with E-state index in [0.717, 1.165) is 0 Å². The number of benzene rings is 1. The molecule has 3 nitrogen and oxygen atoms in total. The van der Waals surface area contributed by atoms with E-state index in [4.69, 9.17) is 0 Å². The van der Waals surface area contributed by atoms with Crippen molar-refractivity contribution in [1.29, 1.82) is 0 Å². The second-order valence-corrected chi connectivity index (χ2v) is 5.13. The van der Waals surface area contributed by atoms with Crippen molar-refractivity contribution in [1.82, 2.24) is 4.98 Å². The lowest BCUT2D eigenvalue weighted by molar-refractivity contribution is 0.102. The molecule has 0 fully saturated rings. The number of pyridine rings is 1. The molecule has 0 unspecified atom stereocenters. The minimum absolute atomic E-state index is 0.276. The number of halogens is 3. The number of carbonyl (C=O) groups is 1. The Kier molecular flexibility index (Phi) is 4.08. The molecular formula is C12H7Br2FN2O. The van der Waals surface area contributed by atoms with Gasteiger partial charge in [-0.05, 0) is 62.2 Å². The van der Waals surface area contributed by atoms with Crippen LogP contribution in [0, 0.1) is 5.82 Å². The van der Waals surface area contributed by atoms with Gasteiger partial charge in [0.1, 0.15) is 11.5 Å². The van der Waals surface area contributed by atoms with E-state index < -0.39 is 0 Å². The topological polar surface area (TPSA) is 42.0 Å². The van der Waals surface area contributed by atoms with Crippen LogP contribution >= 0.6 is 31.9 Å². The quantitative estimate of drug-likeness (QED) is 0.864. The highest BCUT2D eigenvalue weighted by Crippen LogP contribution is 2.21. The second-order valence-electron chi connectivity index (χ2n) is 3.42. The van der Waals surface area contributed by atoms with E-state index >= 15 is 0 Å². The average molecular weight is 374 g/mol. The zero-order valence-electron chi connectivity index (χ0n) is 8.95. The lowest BCUT2D eigenvalue weighted by atomic mass is 10.3. The first kappa shape index (κ1) is 13.2. The molecule has 2 rings (SSSR count). The van der Waals surface area contributed by atoms with Crippen molar-refractivity contribution >= 4 is 43.5 Å². The van der Waals surface area contributed by atoms with Crippen LogP contribution in [0.2, 0.25) is 0 Å². The first-order valence-electron chi connectivity index (χ1n) is 4.95. The number of aromatic nitrogens is 1. The predicted molar refractivity (Wildman–Crippen MR) is 74.0 cm³/mol. The molecule has 6 heteroatoms. The molecule has 0 saturated carbocycles. The maximum atomic E-state index is 13.0. The van der Waals surface area contributed by atoms with Gasteiger partial charge in [0.25, 0.3) is 5.91 Å². The summed E-state index contributed by atoms with van der Waals surface area (Å²) in [5.41, 5.74) is 0.767. The van der Waals surface area contributed by atoms with E-state index in [1.807, 2.05) is 0 Å². The Morgan fingerprint density at radius 2 is 2.00 bits per heavy atom.